The molecule has 0 spiro atoms. The zero-order valence-corrected chi connectivity index (χ0v) is 8.30. The van der Waals surface area contributed by atoms with Gasteiger partial charge in [-0.25, -0.2) is 0 Å². The van der Waals surface area contributed by atoms with Crippen LogP contribution in [-0.4, -0.2) is 25.3 Å². The summed E-state index contributed by atoms with van der Waals surface area (Å²) in [6, 6.07) is 0. The zero-order valence-electron chi connectivity index (χ0n) is 8.30. The molecule has 0 aliphatic heterocycles. The molecule has 0 aromatic carbocycles. The molecule has 1 unspecified atom stereocenters. The zero-order chi connectivity index (χ0) is 9.84. The first-order chi connectivity index (χ1) is 6.15. The molecule has 1 aromatic rings. The van der Waals surface area contributed by atoms with Gasteiger partial charge in [0.15, 0.2) is 0 Å². The predicted octanol–water partition coefficient (Wildman–Crippen LogP) is 0.772. The summed E-state index contributed by atoms with van der Waals surface area (Å²) in [5.74, 6) is 0.544. The first-order valence-electron chi connectivity index (χ1n) is 4.61. The van der Waals surface area contributed by atoms with Crippen LogP contribution in [0.3, 0.4) is 0 Å². The molecule has 0 saturated carbocycles. The Bertz CT molecular complexity index is 258. The van der Waals surface area contributed by atoms with E-state index in [1.54, 1.807) is 0 Å². The molecule has 0 bridgehead atoms. The number of hydrogen-bond acceptors (Lipinski definition) is 4. The summed E-state index contributed by atoms with van der Waals surface area (Å²) >= 11 is 0. The number of aromatic nitrogens is 4. The Morgan fingerprint density at radius 3 is 2.69 bits per heavy atom. The van der Waals surface area contributed by atoms with Crippen LogP contribution in [0.1, 0.15) is 39.1 Å². The molecule has 0 aliphatic rings. The van der Waals surface area contributed by atoms with Crippen LogP contribution in [0.15, 0.2) is 0 Å². The number of rotatable bonds is 4. The lowest BCUT2D eigenvalue weighted by molar-refractivity contribution is 0.117. The second kappa shape index (κ2) is 4.32. The van der Waals surface area contributed by atoms with Crippen molar-refractivity contribution in [2.24, 2.45) is 5.92 Å². The Labute approximate surface area is 77.8 Å². The minimum atomic E-state index is -0.606. The lowest BCUT2D eigenvalue weighted by atomic mass is 10.1. The van der Waals surface area contributed by atoms with Crippen LogP contribution in [0.5, 0.6) is 0 Å². The summed E-state index contributed by atoms with van der Waals surface area (Å²) in [5, 5.41) is 21.3. The van der Waals surface area contributed by atoms with Crippen LogP contribution in [0.4, 0.5) is 0 Å². The van der Waals surface area contributed by atoms with Crippen molar-refractivity contribution in [3.63, 3.8) is 0 Å². The topological polar surface area (TPSA) is 63.8 Å². The molecule has 1 atom stereocenters. The molecule has 13 heavy (non-hydrogen) atoms. The monoisotopic (exact) mass is 184 g/mol. The number of hydrogen-bond donors (Lipinski definition) is 1. The van der Waals surface area contributed by atoms with Crippen molar-refractivity contribution in [3.05, 3.63) is 5.82 Å². The highest BCUT2D eigenvalue weighted by molar-refractivity contribution is 4.85. The quantitative estimate of drug-likeness (QED) is 0.750. The molecule has 0 fully saturated rings. The third-order valence-corrected chi connectivity index (χ3v) is 1.79. The number of nitrogens with zero attached hydrogens (tertiary/aromatic N) is 4. The number of aliphatic hydroxyl groups is 1. The lowest BCUT2D eigenvalue weighted by Crippen LogP contribution is -2.08. The fourth-order valence-corrected chi connectivity index (χ4v) is 0.967. The van der Waals surface area contributed by atoms with E-state index in [-0.39, 0.29) is 5.92 Å². The number of tetrazole rings is 1. The van der Waals surface area contributed by atoms with Crippen molar-refractivity contribution in [3.8, 4) is 0 Å². The van der Waals surface area contributed by atoms with E-state index in [9.17, 15) is 5.11 Å². The summed E-state index contributed by atoms with van der Waals surface area (Å²) in [6.45, 7) is 6.64. The summed E-state index contributed by atoms with van der Waals surface area (Å²) in [5.41, 5.74) is 0. The van der Waals surface area contributed by atoms with E-state index in [0.717, 1.165) is 13.0 Å². The van der Waals surface area contributed by atoms with Gasteiger partial charge in [0.05, 0.1) is 6.54 Å². The second-order valence-electron chi connectivity index (χ2n) is 3.43. The van der Waals surface area contributed by atoms with Crippen LogP contribution in [0, 0.1) is 5.92 Å². The average molecular weight is 184 g/mol. The normalized spacial score (nSPS) is 13.6. The number of aryl methyl sites for hydroxylation is 1. The van der Waals surface area contributed by atoms with Gasteiger partial charge in [-0.3, -0.25) is 0 Å². The van der Waals surface area contributed by atoms with Crippen molar-refractivity contribution >= 4 is 0 Å². The summed E-state index contributed by atoms with van der Waals surface area (Å²) in [4.78, 5) is 1.51. The molecule has 74 valence electrons. The molecule has 0 saturated heterocycles. The van der Waals surface area contributed by atoms with Gasteiger partial charge in [0, 0.05) is 0 Å². The van der Waals surface area contributed by atoms with Gasteiger partial charge in [0.1, 0.15) is 6.10 Å². The van der Waals surface area contributed by atoms with Crippen LogP contribution >= 0.6 is 0 Å². The van der Waals surface area contributed by atoms with E-state index in [1.807, 2.05) is 20.8 Å². The molecular formula is C8H16N4O. The van der Waals surface area contributed by atoms with E-state index < -0.39 is 6.10 Å². The van der Waals surface area contributed by atoms with Gasteiger partial charge < -0.3 is 5.11 Å². The smallest absolute Gasteiger partial charge is 0.203 e. The van der Waals surface area contributed by atoms with Crippen LogP contribution in [-0.2, 0) is 6.54 Å². The van der Waals surface area contributed by atoms with Crippen molar-refractivity contribution in [2.45, 2.75) is 39.8 Å². The van der Waals surface area contributed by atoms with Gasteiger partial charge in [-0.15, -0.1) is 10.2 Å². The maximum atomic E-state index is 9.60. The maximum Gasteiger partial charge on any atom is 0.203 e. The molecular weight excluding hydrogens is 168 g/mol. The fraction of sp³-hybridized carbons (Fsp3) is 0.875. The Balaban J connectivity index is 2.67. The maximum absolute atomic E-state index is 9.60. The Kier molecular flexibility index (Phi) is 3.36. The fourth-order valence-electron chi connectivity index (χ4n) is 0.967. The third kappa shape index (κ3) is 2.48. The highest BCUT2D eigenvalue weighted by Crippen LogP contribution is 2.15. The van der Waals surface area contributed by atoms with Crippen molar-refractivity contribution in [1.29, 1.82) is 0 Å². The van der Waals surface area contributed by atoms with Gasteiger partial charge in [-0.1, -0.05) is 20.8 Å². The predicted molar refractivity (Wildman–Crippen MR) is 47.9 cm³/mol. The van der Waals surface area contributed by atoms with Gasteiger partial charge >= 0.3 is 0 Å². The first-order valence-corrected chi connectivity index (χ1v) is 4.61. The van der Waals surface area contributed by atoms with Crippen LogP contribution in [0.25, 0.3) is 0 Å². The Hall–Kier alpha value is -0.970. The van der Waals surface area contributed by atoms with E-state index in [1.165, 1.54) is 4.80 Å². The summed E-state index contributed by atoms with van der Waals surface area (Å²) < 4.78 is 0. The highest BCUT2D eigenvalue weighted by Gasteiger charge is 2.17. The van der Waals surface area contributed by atoms with Crippen LogP contribution < -0.4 is 0 Å². The lowest BCUT2D eigenvalue weighted by Gasteiger charge is -2.08. The standard InChI is InChI=1S/C8H16N4O/c1-4-5-12-10-8(9-11-12)7(13)6(2)3/h6-7,13H,4-5H2,1-3H3. The average Bonchev–Trinajstić information content (AvgIpc) is 2.52. The van der Waals surface area contributed by atoms with Gasteiger partial charge in [-0.05, 0) is 17.6 Å². The Morgan fingerprint density at radius 2 is 2.15 bits per heavy atom. The minimum absolute atomic E-state index is 0.124. The molecule has 1 heterocycles. The van der Waals surface area contributed by atoms with E-state index in [0.29, 0.717) is 5.82 Å². The molecule has 0 aliphatic carbocycles. The highest BCUT2D eigenvalue weighted by atomic mass is 16.3. The van der Waals surface area contributed by atoms with E-state index in [4.69, 9.17) is 0 Å². The largest absolute Gasteiger partial charge is 0.385 e. The summed E-state index contributed by atoms with van der Waals surface area (Å²) in [7, 11) is 0. The second-order valence-corrected chi connectivity index (χ2v) is 3.43. The van der Waals surface area contributed by atoms with Gasteiger partial charge in [0.2, 0.25) is 5.82 Å². The molecule has 1 aromatic heterocycles. The molecule has 1 rings (SSSR count). The Morgan fingerprint density at radius 1 is 1.46 bits per heavy atom. The molecule has 1 N–H and O–H groups in total. The van der Waals surface area contributed by atoms with Crippen LogP contribution in [0.2, 0.25) is 0 Å². The van der Waals surface area contributed by atoms with E-state index >= 15 is 0 Å². The molecule has 0 radical (unpaired) electrons. The molecule has 5 nitrogen and oxygen atoms in total. The van der Waals surface area contributed by atoms with Gasteiger partial charge in [0.25, 0.3) is 0 Å². The van der Waals surface area contributed by atoms with Crippen molar-refractivity contribution in [1.82, 2.24) is 20.2 Å². The van der Waals surface area contributed by atoms with Crippen molar-refractivity contribution in [2.75, 3.05) is 0 Å². The van der Waals surface area contributed by atoms with Crippen molar-refractivity contribution < 1.29 is 5.11 Å². The number of aliphatic hydroxyl groups excluding tert-OH is 1. The first kappa shape index (κ1) is 10.1. The molecule has 0 amide bonds. The van der Waals surface area contributed by atoms with Gasteiger partial charge in [-0.2, -0.15) is 4.80 Å². The minimum Gasteiger partial charge on any atom is -0.385 e. The molecule has 5 heteroatoms. The SMILES string of the molecule is CCCn1nnc(C(O)C(C)C)n1. The third-order valence-electron chi connectivity index (χ3n) is 1.79. The summed E-state index contributed by atoms with van der Waals surface area (Å²) in [6.07, 6.45) is 0.360. The van der Waals surface area contributed by atoms with E-state index in [2.05, 4.69) is 15.4 Å².